The van der Waals surface area contributed by atoms with Crippen LogP contribution in [0.1, 0.15) is 42.8 Å². The largest absolute Gasteiger partial charge is 0.389 e. The van der Waals surface area contributed by atoms with Crippen LogP contribution in [0.3, 0.4) is 0 Å². The van der Waals surface area contributed by atoms with Crippen molar-refractivity contribution >= 4 is 31.8 Å². The van der Waals surface area contributed by atoms with Crippen molar-refractivity contribution < 1.29 is 18.3 Å². The maximum atomic E-state index is 13.9. The topological polar surface area (TPSA) is 146 Å². The number of ether oxygens (including phenoxy) is 1. The van der Waals surface area contributed by atoms with E-state index in [4.69, 9.17) is 14.7 Å². The highest BCUT2D eigenvalue weighted by Gasteiger charge is 2.32. The maximum absolute atomic E-state index is 13.9. The van der Waals surface area contributed by atoms with Crippen molar-refractivity contribution in [2.45, 2.75) is 50.0 Å². The van der Waals surface area contributed by atoms with Gasteiger partial charge in [0.1, 0.15) is 11.6 Å². The lowest BCUT2D eigenvalue weighted by Crippen LogP contribution is -2.37. The number of nitrogens with one attached hydrogen (secondary N) is 1. The second kappa shape index (κ2) is 13.2. The van der Waals surface area contributed by atoms with Gasteiger partial charge in [0.25, 0.3) is 15.6 Å². The Hall–Kier alpha value is -5.47. The number of benzene rings is 3. The molecule has 0 spiro atoms. The molecule has 12 nitrogen and oxygen atoms in total. The van der Waals surface area contributed by atoms with E-state index in [0.717, 1.165) is 26.0 Å². The minimum absolute atomic E-state index is 0.0597. The summed E-state index contributed by atoms with van der Waals surface area (Å²) in [5, 5.41) is 19.7. The van der Waals surface area contributed by atoms with Crippen LogP contribution in [0, 0.1) is 6.92 Å². The Morgan fingerprint density at radius 1 is 0.962 bits per heavy atom. The Morgan fingerprint density at radius 2 is 1.74 bits per heavy atom. The molecule has 1 aliphatic rings. The van der Waals surface area contributed by atoms with Gasteiger partial charge in [-0.1, -0.05) is 54.1 Å². The van der Waals surface area contributed by atoms with Crippen molar-refractivity contribution in [2.75, 3.05) is 13.2 Å². The van der Waals surface area contributed by atoms with Gasteiger partial charge in [0, 0.05) is 48.5 Å². The molecule has 1 saturated heterocycles. The predicted molar refractivity (Wildman–Crippen MR) is 203 cm³/mol. The Kier molecular flexibility index (Phi) is 8.61. The summed E-state index contributed by atoms with van der Waals surface area (Å²) in [6, 6.07) is 23.9. The van der Waals surface area contributed by atoms with Crippen LogP contribution >= 0.6 is 0 Å². The maximum Gasteiger partial charge on any atom is 0.275 e. The lowest BCUT2D eigenvalue weighted by molar-refractivity contribution is -0.00792. The molecular weight excluding hydrogens is 691 g/mol. The zero-order valence-electron chi connectivity index (χ0n) is 29.8. The fraction of sp³-hybridized carbons (Fsp3) is 0.250. The van der Waals surface area contributed by atoms with Gasteiger partial charge in [0.15, 0.2) is 5.82 Å². The summed E-state index contributed by atoms with van der Waals surface area (Å²) >= 11 is 0. The fourth-order valence-corrected chi connectivity index (χ4v) is 8.35. The molecule has 7 aromatic rings. The van der Waals surface area contributed by atoms with E-state index in [1.807, 2.05) is 49.5 Å². The molecule has 4 aromatic heterocycles. The number of aryl methyl sites for hydroxylation is 2. The summed E-state index contributed by atoms with van der Waals surface area (Å²) in [4.78, 5) is 23.9. The summed E-state index contributed by atoms with van der Waals surface area (Å²) in [5.74, 6) is 0.464. The quantitative estimate of drug-likeness (QED) is 0.206. The van der Waals surface area contributed by atoms with Crippen LogP contribution in [0.25, 0.3) is 44.3 Å². The van der Waals surface area contributed by atoms with Crippen LogP contribution in [-0.4, -0.2) is 60.6 Å². The molecule has 2 N–H and O–H groups in total. The van der Waals surface area contributed by atoms with E-state index >= 15 is 0 Å². The van der Waals surface area contributed by atoms with Crippen molar-refractivity contribution in [1.29, 1.82) is 0 Å². The minimum atomic E-state index is -4.07. The number of pyridine rings is 1. The first kappa shape index (κ1) is 34.6. The highest BCUT2D eigenvalue weighted by Crippen LogP contribution is 2.39. The molecular formula is C40H39N7O5S. The molecule has 1 fully saturated rings. The van der Waals surface area contributed by atoms with Gasteiger partial charge in [0.05, 0.1) is 52.7 Å². The average Bonchev–Trinajstić information content (AvgIpc) is 3.81. The third-order valence-corrected chi connectivity index (χ3v) is 11.2. The standard InChI is InChI=1S/C40H39N7O5S/c1-25-10-13-29(14-11-25)53(50,51)47-18-16-30-32(23-45(4)39(48)36(30)47)27-12-15-33-31(20-27)35(37-34(41-17-19-52-37)26-8-6-5-7-9-26)44-38(43-33)28-21-42-46(22-28)24-40(2,3)49/h5-16,18,20-23,34,37,41,49H,17,19,24H2,1-4H3. The molecule has 0 radical (unpaired) electrons. The number of morpholine rings is 1. The molecule has 0 saturated carbocycles. The Morgan fingerprint density at radius 3 is 2.49 bits per heavy atom. The van der Waals surface area contributed by atoms with E-state index in [-0.39, 0.29) is 16.5 Å². The van der Waals surface area contributed by atoms with Crippen LogP contribution in [0.4, 0.5) is 0 Å². The van der Waals surface area contributed by atoms with Gasteiger partial charge in [0.2, 0.25) is 0 Å². The SMILES string of the molecule is Cc1ccc(S(=O)(=O)n2ccc3c(-c4ccc5nc(-c6cnn(CC(C)(C)O)c6)nc(C6OCCNC6c6ccccc6)c5c4)cn(C)c(=O)c32)cc1. The highest BCUT2D eigenvalue weighted by molar-refractivity contribution is 7.90. The van der Waals surface area contributed by atoms with Gasteiger partial charge in [-0.15, -0.1) is 0 Å². The molecule has 2 atom stereocenters. The first-order valence-electron chi connectivity index (χ1n) is 17.4. The summed E-state index contributed by atoms with van der Waals surface area (Å²) in [6.07, 6.45) is 6.19. The molecule has 270 valence electrons. The molecule has 0 bridgehead atoms. The van der Waals surface area contributed by atoms with Crippen LogP contribution in [0.5, 0.6) is 0 Å². The van der Waals surface area contributed by atoms with Gasteiger partial charge in [-0.3, -0.25) is 9.48 Å². The second-order valence-corrected chi connectivity index (χ2v) is 16.0. The minimum Gasteiger partial charge on any atom is -0.389 e. The average molecular weight is 730 g/mol. The van der Waals surface area contributed by atoms with E-state index in [0.29, 0.717) is 53.2 Å². The third-order valence-electron chi connectivity index (χ3n) is 9.54. The van der Waals surface area contributed by atoms with E-state index in [1.165, 1.54) is 10.8 Å². The molecule has 3 aromatic carbocycles. The van der Waals surface area contributed by atoms with Gasteiger partial charge in [-0.05, 0) is 62.2 Å². The number of fused-ring (bicyclic) bond motifs is 2. The van der Waals surface area contributed by atoms with E-state index in [1.54, 1.807) is 68.3 Å². The highest BCUT2D eigenvalue weighted by atomic mass is 32.2. The fourth-order valence-electron chi connectivity index (χ4n) is 7.01. The van der Waals surface area contributed by atoms with Crippen molar-refractivity contribution in [3.05, 3.63) is 131 Å². The molecule has 8 rings (SSSR count). The van der Waals surface area contributed by atoms with E-state index in [2.05, 4.69) is 22.5 Å². The first-order chi connectivity index (χ1) is 25.4. The van der Waals surface area contributed by atoms with Crippen molar-refractivity contribution in [3.8, 4) is 22.5 Å². The normalized spacial score (nSPS) is 16.8. The van der Waals surface area contributed by atoms with Crippen molar-refractivity contribution in [3.63, 3.8) is 0 Å². The second-order valence-electron chi connectivity index (χ2n) is 14.2. The molecule has 0 amide bonds. The van der Waals surface area contributed by atoms with Gasteiger partial charge >= 0.3 is 0 Å². The van der Waals surface area contributed by atoms with Crippen LogP contribution in [0.15, 0.2) is 113 Å². The van der Waals surface area contributed by atoms with Crippen LogP contribution in [-0.2, 0) is 28.4 Å². The van der Waals surface area contributed by atoms with Gasteiger partial charge in [-0.2, -0.15) is 5.10 Å². The van der Waals surface area contributed by atoms with Gasteiger partial charge in [-0.25, -0.2) is 22.4 Å². The summed E-state index contributed by atoms with van der Waals surface area (Å²) in [7, 11) is -2.45. The number of hydrogen-bond acceptors (Lipinski definition) is 9. The van der Waals surface area contributed by atoms with Crippen LogP contribution < -0.4 is 10.9 Å². The predicted octanol–water partition coefficient (Wildman–Crippen LogP) is 5.53. The molecule has 1 aliphatic heterocycles. The molecule has 2 unspecified atom stereocenters. The summed E-state index contributed by atoms with van der Waals surface area (Å²) in [5.41, 5.74) is 4.10. The third kappa shape index (κ3) is 6.46. The Balaban J connectivity index is 1.31. The molecule has 13 heteroatoms. The zero-order valence-corrected chi connectivity index (χ0v) is 30.6. The smallest absolute Gasteiger partial charge is 0.275 e. The van der Waals surface area contributed by atoms with E-state index in [9.17, 15) is 18.3 Å². The number of hydrogen-bond donors (Lipinski definition) is 2. The first-order valence-corrected chi connectivity index (χ1v) is 18.8. The number of nitrogens with zero attached hydrogens (tertiary/aromatic N) is 6. The van der Waals surface area contributed by atoms with Crippen molar-refractivity contribution in [2.24, 2.45) is 7.05 Å². The molecule has 5 heterocycles. The van der Waals surface area contributed by atoms with Crippen LogP contribution in [0.2, 0.25) is 0 Å². The summed E-state index contributed by atoms with van der Waals surface area (Å²) < 4.78 is 38.4. The lowest BCUT2D eigenvalue weighted by Gasteiger charge is -2.33. The Labute approximate surface area is 306 Å². The monoisotopic (exact) mass is 729 g/mol. The number of rotatable bonds is 8. The van der Waals surface area contributed by atoms with Gasteiger partial charge < -0.3 is 19.7 Å². The zero-order chi connectivity index (χ0) is 37.1. The Bertz CT molecular complexity index is 2660. The molecule has 53 heavy (non-hydrogen) atoms. The number of aliphatic hydroxyl groups is 1. The van der Waals surface area contributed by atoms with Crippen molar-refractivity contribution in [1.82, 2.24) is 33.6 Å². The number of aromatic nitrogens is 6. The van der Waals surface area contributed by atoms with E-state index < -0.39 is 27.3 Å². The lowest BCUT2D eigenvalue weighted by atomic mass is 9.94. The summed E-state index contributed by atoms with van der Waals surface area (Å²) in [6.45, 7) is 6.77. The molecule has 0 aliphatic carbocycles.